The zero-order valence-electron chi connectivity index (χ0n) is 20.9. The predicted molar refractivity (Wildman–Crippen MR) is 132 cm³/mol. The number of hydrogen-bond donors (Lipinski definition) is 1. The highest BCUT2D eigenvalue weighted by Gasteiger charge is 2.38. The standard InChI is InChI=1S/C26H37NO5S/c1-15(2)19-11-9-12-20(16(3)4)23(19)25(31-26(27)28)33(29,30)32-24-21(17(5)6)13-10-14-22(24)18(7)8/h9-18,25H,1-8H3,(H2,27,28). The maximum absolute atomic E-state index is 13.8. The van der Waals surface area contributed by atoms with Crippen molar-refractivity contribution in [2.45, 2.75) is 84.5 Å². The van der Waals surface area contributed by atoms with Gasteiger partial charge < -0.3 is 14.7 Å². The molecule has 0 saturated carbocycles. The number of benzene rings is 2. The summed E-state index contributed by atoms with van der Waals surface area (Å²) in [4.78, 5) is 11.9. The average Bonchev–Trinajstić information content (AvgIpc) is 2.70. The lowest BCUT2D eigenvalue weighted by Crippen LogP contribution is -2.29. The fourth-order valence-corrected chi connectivity index (χ4v) is 5.27. The summed E-state index contributed by atoms with van der Waals surface area (Å²) in [6.45, 7) is 15.7. The Morgan fingerprint density at radius 3 is 1.42 bits per heavy atom. The van der Waals surface area contributed by atoms with Crippen molar-refractivity contribution in [2.24, 2.45) is 5.73 Å². The average molecular weight is 476 g/mol. The molecule has 0 fully saturated rings. The molecule has 0 aliphatic carbocycles. The van der Waals surface area contributed by atoms with E-state index in [0.717, 1.165) is 22.3 Å². The number of rotatable bonds is 9. The van der Waals surface area contributed by atoms with Gasteiger partial charge in [0, 0.05) is 5.56 Å². The van der Waals surface area contributed by atoms with E-state index in [2.05, 4.69) is 0 Å². The van der Waals surface area contributed by atoms with E-state index in [1.54, 1.807) is 0 Å². The molecule has 33 heavy (non-hydrogen) atoms. The molecule has 0 heterocycles. The molecule has 1 amide bonds. The highest BCUT2D eigenvalue weighted by molar-refractivity contribution is 7.87. The van der Waals surface area contributed by atoms with Crippen molar-refractivity contribution in [1.29, 1.82) is 0 Å². The summed E-state index contributed by atoms with van der Waals surface area (Å²) in [5.41, 5.74) is 7.14. The zero-order chi connectivity index (χ0) is 25.1. The number of nitrogens with two attached hydrogens (primary N) is 1. The van der Waals surface area contributed by atoms with Crippen LogP contribution >= 0.6 is 0 Å². The van der Waals surface area contributed by atoms with E-state index in [1.165, 1.54) is 0 Å². The van der Waals surface area contributed by atoms with E-state index in [1.807, 2.05) is 91.8 Å². The quantitative estimate of drug-likeness (QED) is 0.408. The predicted octanol–water partition coefficient (Wildman–Crippen LogP) is 6.68. The summed E-state index contributed by atoms with van der Waals surface area (Å²) in [6, 6.07) is 11.2. The van der Waals surface area contributed by atoms with Crippen LogP contribution in [0.4, 0.5) is 4.79 Å². The van der Waals surface area contributed by atoms with Gasteiger partial charge in [0.1, 0.15) is 5.75 Å². The summed E-state index contributed by atoms with van der Waals surface area (Å²) in [5.74, 6) is 0.315. The number of ether oxygens (including phenoxy) is 1. The number of carbonyl (C=O) groups is 1. The molecule has 182 valence electrons. The molecular weight excluding hydrogens is 438 g/mol. The van der Waals surface area contributed by atoms with Crippen molar-refractivity contribution in [2.75, 3.05) is 0 Å². The molecule has 0 aromatic heterocycles. The smallest absolute Gasteiger partial charge is 0.406 e. The third-order valence-electron chi connectivity index (χ3n) is 5.66. The van der Waals surface area contributed by atoms with Crippen molar-refractivity contribution < 1.29 is 22.1 Å². The van der Waals surface area contributed by atoms with Crippen molar-refractivity contribution in [3.63, 3.8) is 0 Å². The molecule has 2 N–H and O–H groups in total. The number of primary amides is 1. The van der Waals surface area contributed by atoms with Crippen LogP contribution in [0, 0.1) is 0 Å². The van der Waals surface area contributed by atoms with Gasteiger partial charge in [-0.1, -0.05) is 91.8 Å². The maximum Gasteiger partial charge on any atom is 0.406 e. The summed E-state index contributed by atoms with van der Waals surface area (Å²) in [6.07, 6.45) is -1.18. The van der Waals surface area contributed by atoms with Crippen LogP contribution in [0.25, 0.3) is 0 Å². The highest BCUT2D eigenvalue weighted by atomic mass is 32.2. The summed E-state index contributed by atoms with van der Waals surface area (Å²) >= 11 is 0. The van der Waals surface area contributed by atoms with E-state index < -0.39 is 21.6 Å². The van der Waals surface area contributed by atoms with Gasteiger partial charge in [0.25, 0.3) is 5.44 Å². The lowest BCUT2D eigenvalue weighted by Gasteiger charge is -2.27. The largest absolute Gasteiger partial charge is 0.421 e. The number of amides is 1. The Hall–Kier alpha value is -2.54. The molecule has 0 radical (unpaired) electrons. The maximum atomic E-state index is 13.8. The molecular formula is C26H37NO5S. The second kappa shape index (κ2) is 10.6. The third-order valence-corrected chi connectivity index (χ3v) is 6.91. The normalized spacial score (nSPS) is 13.1. The minimum atomic E-state index is -4.47. The number of carbonyl (C=O) groups excluding carboxylic acids is 1. The Morgan fingerprint density at radius 1 is 0.727 bits per heavy atom. The van der Waals surface area contributed by atoms with E-state index in [9.17, 15) is 13.2 Å². The minimum Gasteiger partial charge on any atom is -0.421 e. The Kier molecular flexibility index (Phi) is 8.57. The lowest BCUT2D eigenvalue weighted by atomic mass is 9.89. The first kappa shape index (κ1) is 26.7. The number of hydrogen-bond acceptors (Lipinski definition) is 5. The van der Waals surface area contributed by atoms with Gasteiger partial charge in [0.15, 0.2) is 0 Å². The van der Waals surface area contributed by atoms with Crippen LogP contribution in [0.3, 0.4) is 0 Å². The van der Waals surface area contributed by atoms with Gasteiger partial charge in [-0.25, -0.2) is 4.79 Å². The second-order valence-electron chi connectivity index (χ2n) is 9.58. The fourth-order valence-electron chi connectivity index (χ4n) is 3.99. The molecule has 6 nitrogen and oxygen atoms in total. The third kappa shape index (κ3) is 6.08. The van der Waals surface area contributed by atoms with E-state index in [0.29, 0.717) is 5.56 Å². The zero-order valence-corrected chi connectivity index (χ0v) is 21.7. The second-order valence-corrected chi connectivity index (χ2v) is 11.2. The first-order valence-corrected chi connectivity index (χ1v) is 12.9. The Morgan fingerprint density at radius 2 is 1.09 bits per heavy atom. The van der Waals surface area contributed by atoms with Crippen LogP contribution in [0.5, 0.6) is 5.75 Å². The van der Waals surface area contributed by atoms with E-state index in [-0.39, 0.29) is 29.4 Å². The Labute approximate surface area is 198 Å². The van der Waals surface area contributed by atoms with Gasteiger partial charge in [-0.3, -0.25) is 0 Å². The SMILES string of the molecule is CC(C)c1cccc(C(C)C)c1OS(=O)(=O)C(OC(N)=O)c1c(C(C)C)cccc1C(C)C. The molecule has 2 aromatic carbocycles. The topological polar surface area (TPSA) is 95.7 Å². The molecule has 0 aliphatic heterocycles. The molecule has 0 saturated heterocycles. The van der Waals surface area contributed by atoms with Crippen LogP contribution in [-0.4, -0.2) is 14.5 Å². The first-order chi connectivity index (χ1) is 15.3. The van der Waals surface area contributed by atoms with Crippen LogP contribution in [-0.2, 0) is 14.9 Å². The molecule has 2 aromatic rings. The van der Waals surface area contributed by atoms with Gasteiger partial charge in [-0.05, 0) is 45.9 Å². The number of para-hydroxylation sites is 1. The lowest BCUT2D eigenvalue weighted by molar-refractivity contribution is 0.136. The van der Waals surface area contributed by atoms with E-state index in [4.69, 9.17) is 14.7 Å². The molecule has 1 unspecified atom stereocenters. The van der Waals surface area contributed by atoms with Crippen molar-refractivity contribution in [1.82, 2.24) is 0 Å². The van der Waals surface area contributed by atoms with Gasteiger partial charge in [0.2, 0.25) is 0 Å². The van der Waals surface area contributed by atoms with Gasteiger partial charge in [-0.15, -0.1) is 0 Å². The molecule has 2 rings (SSSR count). The van der Waals surface area contributed by atoms with Crippen LogP contribution in [0.15, 0.2) is 36.4 Å². The summed E-state index contributed by atoms with van der Waals surface area (Å²) in [5, 5.41) is 0. The van der Waals surface area contributed by atoms with Crippen molar-refractivity contribution >= 4 is 16.2 Å². The van der Waals surface area contributed by atoms with Crippen molar-refractivity contribution in [3.8, 4) is 5.75 Å². The highest BCUT2D eigenvalue weighted by Crippen LogP contribution is 2.41. The molecule has 0 aliphatic rings. The van der Waals surface area contributed by atoms with Crippen LogP contribution in [0.2, 0.25) is 0 Å². The Balaban J connectivity index is 2.78. The summed E-state index contributed by atoms with van der Waals surface area (Å²) in [7, 11) is -4.47. The van der Waals surface area contributed by atoms with Crippen LogP contribution < -0.4 is 9.92 Å². The molecule has 0 spiro atoms. The Bertz CT molecular complexity index is 1040. The fraction of sp³-hybridized carbons (Fsp3) is 0.500. The van der Waals surface area contributed by atoms with E-state index >= 15 is 0 Å². The minimum absolute atomic E-state index is 0.0120. The van der Waals surface area contributed by atoms with Crippen molar-refractivity contribution in [3.05, 3.63) is 64.2 Å². The van der Waals surface area contributed by atoms with Gasteiger partial charge in [-0.2, -0.15) is 8.42 Å². The molecule has 7 heteroatoms. The summed E-state index contributed by atoms with van der Waals surface area (Å²) < 4.78 is 38.7. The first-order valence-electron chi connectivity index (χ1n) is 11.4. The molecule has 0 bridgehead atoms. The monoisotopic (exact) mass is 475 g/mol. The van der Waals surface area contributed by atoms with Crippen LogP contribution in [0.1, 0.15) is 112 Å². The van der Waals surface area contributed by atoms with Gasteiger partial charge in [0.05, 0.1) is 0 Å². The molecule has 1 atom stereocenters. The van der Waals surface area contributed by atoms with Gasteiger partial charge >= 0.3 is 16.2 Å².